The highest BCUT2D eigenvalue weighted by Crippen LogP contribution is 2.33. The summed E-state index contributed by atoms with van der Waals surface area (Å²) in [7, 11) is 0. The van der Waals surface area contributed by atoms with Crippen molar-refractivity contribution in [1.82, 2.24) is 10.3 Å². The Morgan fingerprint density at radius 1 is 1.19 bits per heavy atom. The van der Waals surface area contributed by atoms with Gasteiger partial charge in [-0.1, -0.05) is 39.2 Å². The third-order valence-electron chi connectivity index (χ3n) is 5.13. The molecule has 1 N–H and O–H groups in total. The van der Waals surface area contributed by atoms with Crippen LogP contribution in [-0.2, 0) is 6.42 Å². The molecule has 0 aliphatic heterocycles. The Hall–Kier alpha value is -0.890. The smallest absolute Gasteiger partial charge is 0.0404 e. The molecular weight excluding hydrogens is 256 g/mol. The van der Waals surface area contributed by atoms with Crippen molar-refractivity contribution >= 4 is 0 Å². The third-order valence-corrected chi connectivity index (χ3v) is 5.13. The Morgan fingerprint density at radius 3 is 2.62 bits per heavy atom. The highest BCUT2D eigenvalue weighted by Gasteiger charge is 2.26. The lowest BCUT2D eigenvalue weighted by Gasteiger charge is -2.34. The molecule has 0 saturated heterocycles. The van der Waals surface area contributed by atoms with E-state index in [4.69, 9.17) is 0 Å². The van der Waals surface area contributed by atoms with Crippen LogP contribution in [0, 0.1) is 11.8 Å². The molecule has 1 aliphatic carbocycles. The van der Waals surface area contributed by atoms with Crippen LogP contribution in [0.4, 0.5) is 0 Å². The van der Waals surface area contributed by atoms with Gasteiger partial charge in [0.05, 0.1) is 0 Å². The SMILES string of the molecule is CCCNC(CCc1ccccn1)C1CCC(CC)CC1. The number of aryl methyl sites for hydroxylation is 1. The normalized spacial score (nSPS) is 23.9. The molecule has 1 unspecified atom stereocenters. The van der Waals surface area contributed by atoms with Crippen molar-refractivity contribution in [1.29, 1.82) is 0 Å². The first-order valence-corrected chi connectivity index (χ1v) is 8.96. The fraction of sp³-hybridized carbons (Fsp3) is 0.737. The second-order valence-electron chi connectivity index (χ2n) is 6.61. The molecule has 0 spiro atoms. The van der Waals surface area contributed by atoms with E-state index in [-0.39, 0.29) is 0 Å². The molecule has 1 fully saturated rings. The Labute approximate surface area is 130 Å². The monoisotopic (exact) mass is 288 g/mol. The van der Waals surface area contributed by atoms with E-state index >= 15 is 0 Å². The molecule has 0 aromatic carbocycles. The van der Waals surface area contributed by atoms with Gasteiger partial charge in [-0.25, -0.2) is 0 Å². The van der Waals surface area contributed by atoms with Crippen LogP contribution in [0.1, 0.15) is 64.5 Å². The average Bonchev–Trinajstić information content (AvgIpc) is 2.56. The molecule has 0 amide bonds. The predicted molar refractivity (Wildman–Crippen MR) is 90.4 cm³/mol. The van der Waals surface area contributed by atoms with Gasteiger partial charge in [-0.15, -0.1) is 0 Å². The molecule has 1 heterocycles. The van der Waals surface area contributed by atoms with Crippen molar-refractivity contribution in [3.8, 4) is 0 Å². The maximum absolute atomic E-state index is 4.47. The highest BCUT2D eigenvalue weighted by atomic mass is 14.9. The van der Waals surface area contributed by atoms with Gasteiger partial charge in [0, 0.05) is 17.9 Å². The molecular formula is C19H32N2. The van der Waals surface area contributed by atoms with E-state index < -0.39 is 0 Å². The van der Waals surface area contributed by atoms with E-state index in [0.29, 0.717) is 6.04 Å². The summed E-state index contributed by atoms with van der Waals surface area (Å²) in [4.78, 5) is 4.47. The van der Waals surface area contributed by atoms with Crippen molar-refractivity contribution < 1.29 is 0 Å². The molecule has 2 rings (SSSR count). The van der Waals surface area contributed by atoms with E-state index in [9.17, 15) is 0 Å². The number of aromatic nitrogens is 1. The van der Waals surface area contributed by atoms with E-state index in [2.05, 4.69) is 36.3 Å². The molecule has 1 aromatic heterocycles. The van der Waals surface area contributed by atoms with Crippen molar-refractivity contribution in [2.45, 2.75) is 71.3 Å². The van der Waals surface area contributed by atoms with Crippen molar-refractivity contribution in [2.24, 2.45) is 11.8 Å². The standard InChI is InChI=1S/C19H32N2/c1-3-14-21-19(13-12-18-7-5-6-15-20-18)17-10-8-16(4-2)9-11-17/h5-7,15-17,19,21H,3-4,8-14H2,1-2H3. The maximum Gasteiger partial charge on any atom is 0.0404 e. The predicted octanol–water partition coefficient (Wildman–Crippen LogP) is 4.60. The van der Waals surface area contributed by atoms with E-state index in [1.165, 1.54) is 50.6 Å². The second kappa shape index (κ2) is 9.19. The van der Waals surface area contributed by atoms with Crippen LogP contribution in [-0.4, -0.2) is 17.6 Å². The lowest BCUT2D eigenvalue weighted by Crippen LogP contribution is -2.39. The quantitative estimate of drug-likeness (QED) is 0.756. The van der Waals surface area contributed by atoms with Gasteiger partial charge in [0.15, 0.2) is 0 Å². The van der Waals surface area contributed by atoms with Crippen LogP contribution in [0.15, 0.2) is 24.4 Å². The summed E-state index contributed by atoms with van der Waals surface area (Å²) in [6.07, 6.45) is 12.6. The van der Waals surface area contributed by atoms with E-state index in [1.54, 1.807) is 0 Å². The fourth-order valence-corrected chi connectivity index (χ4v) is 3.68. The van der Waals surface area contributed by atoms with Crippen LogP contribution >= 0.6 is 0 Å². The average molecular weight is 288 g/mol. The molecule has 1 aliphatic rings. The molecule has 0 bridgehead atoms. The van der Waals surface area contributed by atoms with Gasteiger partial charge < -0.3 is 5.32 Å². The van der Waals surface area contributed by atoms with Gasteiger partial charge in [0.1, 0.15) is 0 Å². The van der Waals surface area contributed by atoms with Crippen LogP contribution < -0.4 is 5.32 Å². The first-order chi connectivity index (χ1) is 10.3. The minimum Gasteiger partial charge on any atom is -0.314 e. The molecule has 2 nitrogen and oxygen atoms in total. The summed E-state index contributed by atoms with van der Waals surface area (Å²) < 4.78 is 0. The van der Waals surface area contributed by atoms with Crippen LogP contribution in [0.25, 0.3) is 0 Å². The van der Waals surface area contributed by atoms with Gasteiger partial charge in [-0.2, -0.15) is 0 Å². The third kappa shape index (κ3) is 5.43. The lowest BCUT2D eigenvalue weighted by molar-refractivity contribution is 0.211. The summed E-state index contributed by atoms with van der Waals surface area (Å²) in [5.74, 6) is 1.87. The van der Waals surface area contributed by atoms with Gasteiger partial charge in [0.2, 0.25) is 0 Å². The number of rotatable bonds is 8. The molecule has 1 atom stereocenters. The minimum atomic E-state index is 0.685. The number of nitrogens with zero attached hydrogens (tertiary/aromatic N) is 1. The van der Waals surface area contributed by atoms with Crippen molar-refractivity contribution in [3.05, 3.63) is 30.1 Å². The minimum absolute atomic E-state index is 0.685. The Bertz CT molecular complexity index is 368. The topological polar surface area (TPSA) is 24.9 Å². The van der Waals surface area contributed by atoms with Crippen LogP contribution in [0.3, 0.4) is 0 Å². The molecule has 2 heteroatoms. The van der Waals surface area contributed by atoms with E-state index in [0.717, 1.165) is 24.8 Å². The number of hydrogen-bond donors (Lipinski definition) is 1. The molecule has 118 valence electrons. The molecule has 0 radical (unpaired) electrons. The Kier molecular flexibility index (Phi) is 7.21. The van der Waals surface area contributed by atoms with Gasteiger partial charge >= 0.3 is 0 Å². The van der Waals surface area contributed by atoms with Crippen LogP contribution in [0.2, 0.25) is 0 Å². The summed E-state index contributed by atoms with van der Waals surface area (Å²) >= 11 is 0. The summed E-state index contributed by atoms with van der Waals surface area (Å²) in [6.45, 7) is 5.76. The molecule has 1 saturated carbocycles. The zero-order chi connectivity index (χ0) is 14.9. The zero-order valence-corrected chi connectivity index (χ0v) is 13.9. The van der Waals surface area contributed by atoms with Crippen molar-refractivity contribution in [2.75, 3.05) is 6.54 Å². The summed E-state index contributed by atoms with van der Waals surface area (Å²) in [6, 6.07) is 6.95. The van der Waals surface area contributed by atoms with E-state index in [1.807, 2.05) is 12.3 Å². The maximum atomic E-state index is 4.47. The summed E-state index contributed by atoms with van der Waals surface area (Å²) in [5.41, 5.74) is 1.24. The highest BCUT2D eigenvalue weighted by molar-refractivity contribution is 5.04. The second-order valence-corrected chi connectivity index (χ2v) is 6.61. The molecule has 1 aromatic rings. The largest absolute Gasteiger partial charge is 0.314 e. The Balaban J connectivity index is 1.85. The molecule has 21 heavy (non-hydrogen) atoms. The first-order valence-electron chi connectivity index (χ1n) is 8.96. The van der Waals surface area contributed by atoms with Gasteiger partial charge in [0.25, 0.3) is 0 Å². The van der Waals surface area contributed by atoms with Gasteiger partial charge in [-0.05, 0) is 62.6 Å². The zero-order valence-electron chi connectivity index (χ0n) is 13.9. The Morgan fingerprint density at radius 2 is 2.00 bits per heavy atom. The number of hydrogen-bond acceptors (Lipinski definition) is 2. The number of pyridine rings is 1. The fourth-order valence-electron chi connectivity index (χ4n) is 3.68. The first kappa shape index (κ1) is 16.5. The number of nitrogens with one attached hydrogen (secondary N) is 1. The summed E-state index contributed by atoms with van der Waals surface area (Å²) in [5, 5.41) is 3.81. The van der Waals surface area contributed by atoms with Crippen molar-refractivity contribution in [3.63, 3.8) is 0 Å². The van der Waals surface area contributed by atoms with Gasteiger partial charge in [-0.3, -0.25) is 4.98 Å². The lowest BCUT2D eigenvalue weighted by atomic mass is 9.76. The van der Waals surface area contributed by atoms with Crippen LogP contribution in [0.5, 0.6) is 0 Å².